The minimum absolute atomic E-state index is 0.0172. The number of carbonyl (C=O) groups is 2. The Morgan fingerprint density at radius 3 is 1.22 bits per heavy atom. The Hall–Kier alpha value is -9.34. The summed E-state index contributed by atoms with van der Waals surface area (Å²) in [5, 5.41) is 37.6. The molecule has 0 atom stereocenters. The number of rotatable bonds is 2. The number of carbonyl (C=O) groups excluding carboxylic acids is 2. The van der Waals surface area contributed by atoms with Gasteiger partial charge in [-0.2, -0.15) is 38.5 Å². The highest BCUT2D eigenvalue weighted by Crippen LogP contribution is 2.65. The predicted octanol–water partition coefficient (Wildman–Crippen LogP) is 18.9. The molecule has 86 heavy (non-hydrogen) atoms. The second kappa shape index (κ2) is 20.2. The predicted molar refractivity (Wildman–Crippen MR) is 344 cm³/mol. The average molecular weight is 1230 g/mol. The number of fused-ring (bicyclic) bond motifs is 15. The van der Waals surface area contributed by atoms with Crippen molar-refractivity contribution in [3.05, 3.63) is 200 Å². The van der Waals surface area contributed by atoms with Crippen molar-refractivity contribution in [2.45, 2.75) is 52.4 Å². The zero-order valence-corrected chi connectivity index (χ0v) is 51.0. The van der Waals surface area contributed by atoms with E-state index >= 15 is 8.78 Å². The molecule has 0 bridgehead atoms. The lowest BCUT2D eigenvalue weighted by atomic mass is 9.81. The maximum absolute atomic E-state index is 17.0. The lowest BCUT2D eigenvalue weighted by Crippen LogP contribution is -2.16. The summed E-state index contributed by atoms with van der Waals surface area (Å²) in [6.45, 7) is 12.3. The van der Waals surface area contributed by atoms with Gasteiger partial charge < -0.3 is 0 Å². The highest BCUT2D eigenvalue weighted by molar-refractivity contribution is 7.32. The van der Waals surface area contributed by atoms with Crippen LogP contribution in [0.4, 0.5) is 8.78 Å². The van der Waals surface area contributed by atoms with Crippen molar-refractivity contribution < 1.29 is 18.4 Å². The van der Waals surface area contributed by atoms with Crippen molar-refractivity contribution in [1.82, 2.24) is 17.5 Å². The van der Waals surface area contributed by atoms with Gasteiger partial charge in [0.05, 0.1) is 42.3 Å². The lowest BCUT2D eigenvalue weighted by molar-refractivity contribution is 0.103. The van der Waals surface area contributed by atoms with E-state index in [1.165, 1.54) is 57.3 Å². The molecule has 16 rings (SSSR count). The molecule has 412 valence electrons. The van der Waals surface area contributed by atoms with Crippen LogP contribution in [0.15, 0.2) is 144 Å². The van der Waals surface area contributed by atoms with Gasteiger partial charge >= 0.3 is 0 Å². The molecule has 0 fully saturated rings. The number of hydrogen-bond acceptors (Lipinski definition) is 16. The maximum atomic E-state index is 17.0. The van der Waals surface area contributed by atoms with Crippen LogP contribution in [-0.2, 0) is 10.8 Å². The van der Waals surface area contributed by atoms with E-state index in [0.717, 1.165) is 95.1 Å². The molecule has 18 heteroatoms. The summed E-state index contributed by atoms with van der Waals surface area (Å²) in [5.41, 5.74) is 14.5. The minimum Gasteiger partial charge on any atom is -0.289 e. The maximum Gasteiger partial charge on any atom is 0.194 e. The Morgan fingerprint density at radius 1 is 0.477 bits per heavy atom. The second-order valence-electron chi connectivity index (χ2n) is 21.8. The summed E-state index contributed by atoms with van der Waals surface area (Å²) in [6.07, 6.45) is 3.29. The minimum atomic E-state index is -0.429. The molecule has 0 N–H and O–H groups in total. The Bertz CT molecular complexity index is 5050. The number of benzene rings is 6. The van der Waals surface area contributed by atoms with E-state index in [1.807, 2.05) is 60.7 Å². The van der Waals surface area contributed by atoms with E-state index in [4.69, 9.17) is 21.0 Å². The van der Waals surface area contributed by atoms with Crippen molar-refractivity contribution in [1.29, 1.82) is 21.0 Å². The molecule has 0 spiro atoms. The fraction of sp³-hybridized carbons (Fsp3) is 0.118. The molecule has 12 aromatic rings. The Morgan fingerprint density at radius 2 is 0.849 bits per heavy atom. The molecular weight excluding hydrogens is 1190 g/mol. The topological polar surface area (TPSA) is 181 Å². The van der Waals surface area contributed by atoms with E-state index < -0.39 is 10.8 Å². The highest BCUT2D eigenvalue weighted by Gasteiger charge is 2.47. The van der Waals surface area contributed by atoms with Gasteiger partial charge in [-0.3, -0.25) is 9.59 Å². The molecule has 10 nitrogen and oxygen atoms in total. The highest BCUT2D eigenvalue weighted by atomic mass is 32.1. The monoisotopic (exact) mass is 1230 g/mol. The number of thiophene rings is 4. The summed E-state index contributed by atoms with van der Waals surface area (Å²) in [5.74, 6) is -0.556. The van der Waals surface area contributed by atoms with Crippen LogP contribution >= 0.6 is 68.8 Å². The zero-order chi connectivity index (χ0) is 59.8. The average Bonchev–Trinajstić information content (AvgIpc) is 1.51. The van der Waals surface area contributed by atoms with Gasteiger partial charge in [-0.05, 0) is 94.4 Å². The Kier molecular flexibility index (Phi) is 12.8. The number of aromatic nitrogens is 4. The third kappa shape index (κ3) is 7.75. The Balaban J connectivity index is 0.000000157. The first-order chi connectivity index (χ1) is 41.6. The molecule has 0 unspecified atom stereocenters. The first kappa shape index (κ1) is 54.6. The molecule has 6 aromatic heterocycles. The van der Waals surface area contributed by atoms with Crippen LogP contribution in [0, 0.1) is 57.0 Å². The molecule has 0 amide bonds. The number of Topliss-reactive ketones (excluding diaryl/α,β-unsaturated/α-hetero) is 2. The van der Waals surface area contributed by atoms with Gasteiger partial charge in [0.15, 0.2) is 11.6 Å². The van der Waals surface area contributed by atoms with Crippen molar-refractivity contribution in [3.8, 4) is 66.0 Å². The van der Waals surface area contributed by atoms with Gasteiger partial charge in [-0.1, -0.05) is 113 Å². The van der Waals surface area contributed by atoms with Crippen LogP contribution < -0.4 is 0 Å². The number of halogens is 2. The SMILES string of the molecule is C/C=C1\C(=O)c2ccccc2C1=C(C#N)C#N.C/C=C1\C(=O)c2ccccc2C1=C(C#N)C#N.CC1(C)c2cc3cc(-c4cccc5nsnc45)sc3c(F)c2-c2sc3c4c(sc3c21)-c1c(cc2cc(-c3cccc5nsnc35)sc2c1F)C4(C)C. The molecule has 0 saturated heterocycles. The van der Waals surface area contributed by atoms with Crippen LogP contribution in [0.5, 0.6) is 0 Å². The first-order valence-corrected chi connectivity index (χ1v) is 31.6. The Labute approximate surface area is 514 Å². The number of ketones is 2. The smallest absolute Gasteiger partial charge is 0.194 e. The van der Waals surface area contributed by atoms with Gasteiger partial charge in [-0.15, -0.1) is 45.3 Å². The lowest BCUT2D eigenvalue weighted by Gasteiger charge is -2.22. The van der Waals surface area contributed by atoms with Gasteiger partial charge in [0, 0.05) is 86.0 Å². The van der Waals surface area contributed by atoms with Crippen LogP contribution in [0.2, 0.25) is 0 Å². The zero-order valence-electron chi connectivity index (χ0n) is 46.1. The van der Waals surface area contributed by atoms with Crippen molar-refractivity contribution in [3.63, 3.8) is 0 Å². The molecule has 4 aliphatic rings. The molecule has 0 saturated carbocycles. The summed E-state index contributed by atoms with van der Waals surface area (Å²) < 4.78 is 55.5. The number of nitrogens with zero attached hydrogens (tertiary/aromatic N) is 8. The summed E-state index contributed by atoms with van der Waals surface area (Å²) in [7, 11) is 0. The van der Waals surface area contributed by atoms with Crippen molar-refractivity contribution >= 4 is 143 Å². The van der Waals surface area contributed by atoms with Crippen molar-refractivity contribution in [2.75, 3.05) is 0 Å². The third-order valence-corrected chi connectivity index (χ3v) is 22.6. The molecule has 0 radical (unpaired) electrons. The fourth-order valence-electron chi connectivity index (χ4n) is 12.7. The van der Waals surface area contributed by atoms with Crippen LogP contribution in [0.1, 0.15) is 95.6 Å². The largest absolute Gasteiger partial charge is 0.289 e. The quantitative estimate of drug-likeness (QED) is 0.119. The van der Waals surface area contributed by atoms with Gasteiger partial charge in [0.25, 0.3) is 0 Å². The molecule has 0 aliphatic heterocycles. The van der Waals surface area contributed by atoms with Crippen LogP contribution in [0.3, 0.4) is 0 Å². The summed E-state index contributed by atoms with van der Waals surface area (Å²) >= 11 is 8.73. The molecule has 4 aliphatic carbocycles. The van der Waals surface area contributed by atoms with Gasteiger partial charge in [-0.25, -0.2) is 8.78 Å². The van der Waals surface area contributed by atoms with Crippen LogP contribution in [0.25, 0.3) is 105 Å². The van der Waals surface area contributed by atoms with Crippen LogP contribution in [-0.4, -0.2) is 29.1 Å². The van der Waals surface area contributed by atoms with Gasteiger partial charge in [0.1, 0.15) is 69.1 Å². The standard InChI is InChI=1S/C40H22F2N4S6.2C14H8N2O/c1-39(2)19-11-15-13-23(17-7-5-9-21-31(17)45-51-43-21)47-33(15)29(41)25(19)35-27(39)37-38(49-35)28-36(50-37)26-20(40(28,3)4)12-16-14-24(48-34(16)30(26)42)18-8-6-10-22-32(18)46-52-44-22;2*1-2-10-13(9(7-15)8-16)11-5-3-4-6-12(11)14(10)17/h5-14H,1-4H3;2*2-6H,1H3/b;2*10-2-. The summed E-state index contributed by atoms with van der Waals surface area (Å²) in [4.78, 5) is 28.1. The van der Waals surface area contributed by atoms with E-state index in [-0.39, 0.29) is 34.3 Å². The van der Waals surface area contributed by atoms with E-state index in [2.05, 4.69) is 69.5 Å². The van der Waals surface area contributed by atoms with Gasteiger partial charge in [0.2, 0.25) is 0 Å². The number of hydrogen-bond donors (Lipinski definition) is 0. The second-order valence-corrected chi connectivity index (χ2v) is 27.0. The molecular formula is C68H38F2N8O2S6. The van der Waals surface area contributed by atoms with E-state index in [0.29, 0.717) is 53.9 Å². The molecule has 6 aromatic carbocycles. The third-order valence-electron chi connectivity index (χ3n) is 16.6. The number of nitriles is 4. The summed E-state index contributed by atoms with van der Waals surface area (Å²) in [6, 6.07) is 42.0. The van der Waals surface area contributed by atoms with Crippen molar-refractivity contribution in [2.24, 2.45) is 0 Å². The van der Waals surface area contributed by atoms with E-state index in [9.17, 15) is 9.59 Å². The normalized spacial score (nSPS) is 15.4. The molecule has 6 heterocycles. The fourth-order valence-corrected chi connectivity index (χ4v) is 19.6. The first-order valence-electron chi connectivity index (χ1n) is 26.9. The van der Waals surface area contributed by atoms with E-state index in [1.54, 1.807) is 97.2 Å². The number of allylic oxidation sites excluding steroid dienone is 8.